The summed E-state index contributed by atoms with van der Waals surface area (Å²) in [6.45, 7) is 4.64. The number of anilines is 2. The maximum absolute atomic E-state index is 13.1. The van der Waals surface area contributed by atoms with Gasteiger partial charge in [0.25, 0.3) is 5.91 Å². The van der Waals surface area contributed by atoms with Crippen LogP contribution in [0.2, 0.25) is 0 Å². The molecule has 0 bridgehead atoms. The number of amides is 1. The number of aryl methyl sites for hydroxylation is 1. The molecule has 1 aromatic carbocycles. The van der Waals surface area contributed by atoms with Crippen LogP contribution in [0.5, 0.6) is 0 Å². The van der Waals surface area contributed by atoms with Crippen LogP contribution in [0.4, 0.5) is 11.5 Å². The van der Waals surface area contributed by atoms with Crippen molar-refractivity contribution in [1.82, 2.24) is 30.2 Å². The molecular weight excluding hydrogens is 416 g/mol. The van der Waals surface area contributed by atoms with E-state index in [1.54, 1.807) is 0 Å². The van der Waals surface area contributed by atoms with E-state index in [0.29, 0.717) is 23.8 Å². The van der Waals surface area contributed by atoms with Crippen molar-refractivity contribution in [2.24, 2.45) is 0 Å². The molecule has 0 radical (unpaired) electrons. The molecule has 1 aliphatic heterocycles. The van der Waals surface area contributed by atoms with Crippen molar-refractivity contribution in [1.29, 1.82) is 0 Å². The van der Waals surface area contributed by atoms with Gasteiger partial charge in [-0.15, -0.1) is 10.2 Å². The number of hydrogen-bond acceptors (Lipinski definition) is 6. The normalized spacial score (nSPS) is 13.8. The highest BCUT2D eigenvalue weighted by Crippen LogP contribution is 2.20. The van der Waals surface area contributed by atoms with E-state index in [2.05, 4.69) is 36.9 Å². The van der Waals surface area contributed by atoms with Gasteiger partial charge in [0.05, 0.1) is 12.2 Å². The predicted molar refractivity (Wildman–Crippen MR) is 126 cm³/mol. The summed E-state index contributed by atoms with van der Waals surface area (Å²) in [7, 11) is 0. The van der Waals surface area contributed by atoms with Gasteiger partial charge in [-0.05, 0) is 79.4 Å². The Morgan fingerprint density at radius 2 is 1.91 bits per heavy atom. The Bertz CT molecular complexity index is 1220. The molecule has 2 N–H and O–H groups in total. The summed E-state index contributed by atoms with van der Waals surface area (Å²) in [5, 5.41) is 16.9. The molecule has 0 aliphatic carbocycles. The Balaban J connectivity index is 1.31. The van der Waals surface area contributed by atoms with Gasteiger partial charge in [-0.3, -0.25) is 4.79 Å². The fraction of sp³-hybridized carbons (Fsp3) is 0.292. The van der Waals surface area contributed by atoms with Gasteiger partial charge in [0, 0.05) is 30.5 Å². The van der Waals surface area contributed by atoms with Crippen molar-refractivity contribution in [3.8, 4) is 11.4 Å². The lowest BCUT2D eigenvalue weighted by Crippen LogP contribution is -2.30. The number of nitrogens with zero attached hydrogens (tertiary/aromatic N) is 6. The molecule has 1 aliphatic rings. The quantitative estimate of drug-likeness (QED) is 0.472. The lowest BCUT2D eigenvalue weighted by Gasteiger charge is -2.28. The van der Waals surface area contributed by atoms with Gasteiger partial charge < -0.3 is 14.8 Å². The van der Waals surface area contributed by atoms with Gasteiger partial charge in [-0.2, -0.15) is 5.21 Å². The minimum atomic E-state index is -0.164. The summed E-state index contributed by atoms with van der Waals surface area (Å²) < 4.78 is 1.96. The number of aromatic nitrogens is 6. The van der Waals surface area contributed by atoms with Gasteiger partial charge in [0.15, 0.2) is 0 Å². The summed E-state index contributed by atoms with van der Waals surface area (Å²) >= 11 is 0. The maximum Gasteiger partial charge on any atom is 0.272 e. The summed E-state index contributed by atoms with van der Waals surface area (Å²) in [4.78, 5) is 20.3. The molecule has 4 heterocycles. The fourth-order valence-corrected chi connectivity index (χ4v) is 4.19. The Kier molecular flexibility index (Phi) is 5.84. The van der Waals surface area contributed by atoms with Crippen LogP contribution in [0.15, 0.2) is 54.7 Å². The van der Waals surface area contributed by atoms with Crippen LogP contribution in [0.1, 0.15) is 41.0 Å². The van der Waals surface area contributed by atoms with Crippen LogP contribution in [-0.4, -0.2) is 49.2 Å². The van der Waals surface area contributed by atoms with E-state index in [1.807, 2.05) is 60.2 Å². The summed E-state index contributed by atoms with van der Waals surface area (Å²) in [6.07, 6.45) is 5.70. The molecule has 9 heteroatoms. The number of aromatic amines is 1. The minimum absolute atomic E-state index is 0.164. The number of rotatable bonds is 6. The van der Waals surface area contributed by atoms with Crippen LogP contribution < -0.4 is 10.2 Å². The van der Waals surface area contributed by atoms with Crippen molar-refractivity contribution >= 4 is 17.4 Å². The molecule has 33 heavy (non-hydrogen) atoms. The van der Waals surface area contributed by atoms with Crippen LogP contribution in [0.3, 0.4) is 0 Å². The lowest BCUT2D eigenvalue weighted by molar-refractivity contribution is 0.101. The fourth-order valence-electron chi connectivity index (χ4n) is 4.19. The van der Waals surface area contributed by atoms with Crippen molar-refractivity contribution in [3.05, 3.63) is 71.7 Å². The van der Waals surface area contributed by atoms with E-state index in [0.717, 1.165) is 35.7 Å². The molecule has 0 saturated carbocycles. The van der Waals surface area contributed by atoms with Gasteiger partial charge in [-0.25, -0.2) is 4.98 Å². The number of pyridine rings is 1. The van der Waals surface area contributed by atoms with Crippen LogP contribution in [-0.2, 0) is 6.54 Å². The maximum atomic E-state index is 13.1. The average Bonchev–Trinajstić information content (AvgIpc) is 3.50. The molecule has 1 amide bonds. The van der Waals surface area contributed by atoms with Gasteiger partial charge in [0.2, 0.25) is 5.82 Å². The third-order valence-corrected chi connectivity index (χ3v) is 5.82. The molecule has 4 aromatic rings. The summed E-state index contributed by atoms with van der Waals surface area (Å²) in [5.41, 5.74) is 4.08. The Morgan fingerprint density at radius 3 is 2.67 bits per heavy atom. The summed E-state index contributed by atoms with van der Waals surface area (Å²) in [6, 6.07) is 15.4. The van der Waals surface area contributed by atoms with Crippen molar-refractivity contribution in [2.45, 2.75) is 32.7 Å². The standard InChI is InChI=1S/C24H26N8O/c1-17-14-21(24(33)26-19-10-8-18(9-11-19)23-27-29-30-28-23)32(15-17)16-20-6-5-7-22(25-20)31-12-3-2-4-13-31/h5-11,14-15H,2-4,12-13,16H2,1H3,(H,26,33)(H,27,28,29,30). The van der Waals surface area contributed by atoms with Crippen LogP contribution >= 0.6 is 0 Å². The number of carbonyl (C=O) groups excluding carboxylic acids is 1. The highest BCUT2D eigenvalue weighted by atomic mass is 16.1. The molecule has 0 atom stereocenters. The third kappa shape index (κ3) is 4.77. The molecule has 0 spiro atoms. The number of H-pyrrole nitrogens is 1. The number of hydrogen-bond donors (Lipinski definition) is 2. The number of tetrazole rings is 1. The Labute approximate surface area is 191 Å². The van der Waals surface area contributed by atoms with E-state index in [1.165, 1.54) is 19.3 Å². The molecular formula is C24H26N8O. The average molecular weight is 443 g/mol. The SMILES string of the molecule is Cc1cc(C(=O)Nc2ccc(-c3nn[nH]n3)cc2)n(Cc2cccc(N3CCCCC3)n2)c1. The number of carbonyl (C=O) groups is 1. The highest BCUT2D eigenvalue weighted by molar-refractivity contribution is 6.03. The zero-order chi connectivity index (χ0) is 22.6. The van der Waals surface area contributed by atoms with E-state index < -0.39 is 0 Å². The lowest BCUT2D eigenvalue weighted by atomic mass is 10.1. The van der Waals surface area contributed by atoms with E-state index in [4.69, 9.17) is 4.98 Å². The van der Waals surface area contributed by atoms with E-state index >= 15 is 0 Å². The van der Waals surface area contributed by atoms with Gasteiger partial charge >= 0.3 is 0 Å². The first-order valence-corrected chi connectivity index (χ1v) is 11.2. The zero-order valence-electron chi connectivity index (χ0n) is 18.5. The summed E-state index contributed by atoms with van der Waals surface area (Å²) in [5.74, 6) is 1.36. The number of benzene rings is 1. The largest absolute Gasteiger partial charge is 0.357 e. The van der Waals surface area contributed by atoms with E-state index in [-0.39, 0.29) is 5.91 Å². The second-order valence-electron chi connectivity index (χ2n) is 8.33. The molecule has 9 nitrogen and oxygen atoms in total. The topological polar surface area (TPSA) is 105 Å². The number of piperidine rings is 1. The zero-order valence-corrected chi connectivity index (χ0v) is 18.5. The molecule has 1 fully saturated rings. The first-order chi connectivity index (χ1) is 16.2. The second kappa shape index (κ2) is 9.23. The van der Waals surface area contributed by atoms with Crippen LogP contribution in [0, 0.1) is 6.92 Å². The predicted octanol–water partition coefficient (Wildman–Crippen LogP) is 3.66. The van der Waals surface area contributed by atoms with Crippen molar-refractivity contribution in [3.63, 3.8) is 0 Å². The van der Waals surface area contributed by atoms with Gasteiger partial charge in [0.1, 0.15) is 11.5 Å². The molecule has 1 saturated heterocycles. The van der Waals surface area contributed by atoms with E-state index in [9.17, 15) is 4.79 Å². The third-order valence-electron chi connectivity index (χ3n) is 5.82. The highest BCUT2D eigenvalue weighted by Gasteiger charge is 2.16. The minimum Gasteiger partial charge on any atom is -0.357 e. The molecule has 0 unspecified atom stereocenters. The number of nitrogens with one attached hydrogen (secondary N) is 2. The monoisotopic (exact) mass is 442 g/mol. The smallest absolute Gasteiger partial charge is 0.272 e. The Hall–Kier alpha value is -4.01. The van der Waals surface area contributed by atoms with Crippen LogP contribution in [0.25, 0.3) is 11.4 Å². The first kappa shape index (κ1) is 20.9. The second-order valence-corrected chi connectivity index (χ2v) is 8.33. The first-order valence-electron chi connectivity index (χ1n) is 11.2. The molecule has 3 aromatic heterocycles. The molecule has 5 rings (SSSR count). The van der Waals surface area contributed by atoms with Gasteiger partial charge in [-0.1, -0.05) is 6.07 Å². The van der Waals surface area contributed by atoms with Crippen molar-refractivity contribution < 1.29 is 4.79 Å². The van der Waals surface area contributed by atoms with Crippen molar-refractivity contribution in [2.75, 3.05) is 23.3 Å². The Morgan fingerprint density at radius 1 is 1.09 bits per heavy atom. The molecule has 168 valence electrons.